The molecule has 7 nitrogen and oxygen atoms in total. The average molecular weight is 318 g/mol. The van der Waals surface area contributed by atoms with E-state index in [1.165, 1.54) is 7.11 Å². The lowest BCUT2D eigenvalue weighted by atomic mass is 10.2. The van der Waals surface area contributed by atoms with Crippen LogP contribution in [0.1, 0.15) is 10.4 Å². The van der Waals surface area contributed by atoms with Crippen LogP contribution in [0.3, 0.4) is 0 Å². The minimum atomic E-state index is -3.43. The first-order valence-electron chi connectivity index (χ1n) is 6.15. The molecule has 0 saturated carbocycles. The molecule has 0 amide bonds. The molecular weight excluding hydrogens is 300 g/mol. The van der Waals surface area contributed by atoms with Crippen molar-refractivity contribution in [2.45, 2.75) is 0 Å². The molecule has 1 rings (SSSR count). The van der Waals surface area contributed by atoms with Crippen LogP contribution in [0.2, 0.25) is 0 Å². The number of carbonyl (C=O) groups is 1. The van der Waals surface area contributed by atoms with Gasteiger partial charge in [-0.3, -0.25) is 4.18 Å². The molecule has 8 heteroatoms. The topological polar surface area (TPSA) is 88.1 Å². The van der Waals surface area contributed by atoms with Crippen LogP contribution in [0, 0.1) is 0 Å². The van der Waals surface area contributed by atoms with Crippen molar-refractivity contribution < 1.29 is 31.6 Å². The number of hydrogen-bond donors (Lipinski definition) is 0. The number of ether oxygens (including phenoxy) is 3. The van der Waals surface area contributed by atoms with E-state index in [2.05, 4.69) is 8.92 Å². The van der Waals surface area contributed by atoms with Gasteiger partial charge in [0.05, 0.1) is 38.7 Å². The summed E-state index contributed by atoms with van der Waals surface area (Å²) in [5.74, 6) is 0.0866. The summed E-state index contributed by atoms with van der Waals surface area (Å²) in [5.41, 5.74) is 0.400. The molecular formula is C13H18O7S. The van der Waals surface area contributed by atoms with Crippen molar-refractivity contribution in [2.75, 3.05) is 39.8 Å². The summed E-state index contributed by atoms with van der Waals surface area (Å²) in [4.78, 5) is 11.3. The fourth-order valence-corrected chi connectivity index (χ4v) is 1.77. The number of methoxy groups -OCH3 is 1. The lowest BCUT2D eigenvalue weighted by molar-refractivity contribution is 0.0599. The number of esters is 1. The molecule has 1 aromatic rings. The first kappa shape index (κ1) is 17.4. The van der Waals surface area contributed by atoms with Crippen LogP contribution in [0.15, 0.2) is 24.3 Å². The largest absolute Gasteiger partial charge is 0.491 e. The molecule has 0 aliphatic rings. The maximum atomic E-state index is 11.3. The van der Waals surface area contributed by atoms with Crippen LogP contribution >= 0.6 is 0 Å². The molecule has 0 atom stereocenters. The van der Waals surface area contributed by atoms with Crippen molar-refractivity contribution in [3.8, 4) is 5.75 Å². The summed E-state index contributed by atoms with van der Waals surface area (Å²) >= 11 is 0. The zero-order chi connectivity index (χ0) is 15.7. The van der Waals surface area contributed by atoms with Gasteiger partial charge in [-0.15, -0.1) is 0 Å². The first-order chi connectivity index (χ1) is 9.92. The van der Waals surface area contributed by atoms with E-state index in [1.54, 1.807) is 24.3 Å². The molecule has 0 spiro atoms. The maximum absolute atomic E-state index is 11.3. The van der Waals surface area contributed by atoms with Crippen molar-refractivity contribution in [2.24, 2.45) is 0 Å². The van der Waals surface area contributed by atoms with E-state index in [0.717, 1.165) is 6.26 Å². The minimum Gasteiger partial charge on any atom is -0.491 e. The molecule has 0 radical (unpaired) electrons. The van der Waals surface area contributed by atoms with Gasteiger partial charge in [0.25, 0.3) is 10.1 Å². The fourth-order valence-electron chi connectivity index (χ4n) is 1.40. The molecule has 1 aromatic carbocycles. The number of hydrogen-bond acceptors (Lipinski definition) is 7. The van der Waals surface area contributed by atoms with Gasteiger partial charge in [-0.1, -0.05) is 6.07 Å². The normalized spacial score (nSPS) is 11.1. The number of carbonyl (C=O) groups excluding carboxylic acids is 1. The molecule has 0 aromatic heterocycles. The summed E-state index contributed by atoms with van der Waals surface area (Å²) in [6.07, 6.45) is 0.977. The second-order valence-electron chi connectivity index (χ2n) is 4.01. The molecule has 0 saturated heterocycles. The van der Waals surface area contributed by atoms with Gasteiger partial charge in [-0.05, 0) is 18.2 Å². The molecule has 0 fully saturated rings. The number of rotatable bonds is 9. The van der Waals surface area contributed by atoms with E-state index < -0.39 is 16.1 Å². The van der Waals surface area contributed by atoms with Gasteiger partial charge in [0.15, 0.2) is 0 Å². The fraction of sp³-hybridized carbons (Fsp3) is 0.462. The van der Waals surface area contributed by atoms with Crippen LogP contribution in [-0.2, 0) is 23.8 Å². The van der Waals surface area contributed by atoms with Gasteiger partial charge in [-0.25, -0.2) is 4.79 Å². The van der Waals surface area contributed by atoms with Crippen LogP contribution < -0.4 is 4.74 Å². The highest BCUT2D eigenvalue weighted by Gasteiger charge is 2.06. The van der Waals surface area contributed by atoms with E-state index in [0.29, 0.717) is 11.3 Å². The highest BCUT2D eigenvalue weighted by molar-refractivity contribution is 7.85. The molecule has 21 heavy (non-hydrogen) atoms. The van der Waals surface area contributed by atoms with Gasteiger partial charge >= 0.3 is 5.97 Å². The Morgan fingerprint density at radius 3 is 2.52 bits per heavy atom. The van der Waals surface area contributed by atoms with Crippen LogP contribution in [0.25, 0.3) is 0 Å². The Labute approximate surface area is 123 Å². The van der Waals surface area contributed by atoms with Crippen molar-refractivity contribution >= 4 is 16.1 Å². The lowest BCUT2D eigenvalue weighted by Crippen LogP contribution is -2.13. The standard InChI is InChI=1S/C13H18O7S/c1-17-13(14)11-4-3-5-12(10-11)19-8-6-18-7-9-20-21(2,15)16/h3-5,10H,6-9H2,1-2H3. The van der Waals surface area contributed by atoms with Crippen molar-refractivity contribution in [3.63, 3.8) is 0 Å². The summed E-state index contributed by atoms with van der Waals surface area (Å²) in [5, 5.41) is 0. The molecule has 0 aliphatic heterocycles. The quantitative estimate of drug-likeness (QED) is 0.379. The van der Waals surface area contributed by atoms with Gasteiger partial charge < -0.3 is 14.2 Å². The third-order valence-electron chi connectivity index (χ3n) is 2.28. The average Bonchev–Trinajstić information content (AvgIpc) is 2.44. The summed E-state index contributed by atoms with van der Waals surface area (Å²) in [7, 11) is -2.12. The second kappa shape index (κ2) is 8.60. The maximum Gasteiger partial charge on any atom is 0.337 e. The summed E-state index contributed by atoms with van der Waals surface area (Å²) < 4.78 is 41.0. The van der Waals surface area contributed by atoms with E-state index >= 15 is 0 Å². The van der Waals surface area contributed by atoms with Crippen LogP contribution in [0.4, 0.5) is 0 Å². The first-order valence-corrected chi connectivity index (χ1v) is 7.97. The molecule has 0 bridgehead atoms. The SMILES string of the molecule is COC(=O)c1cccc(OCCOCCOS(C)(=O)=O)c1. The van der Waals surface area contributed by atoms with E-state index in [9.17, 15) is 13.2 Å². The highest BCUT2D eigenvalue weighted by Crippen LogP contribution is 2.13. The summed E-state index contributed by atoms with van der Waals surface area (Å²) in [6, 6.07) is 6.58. The zero-order valence-electron chi connectivity index (χ0n) is 11.9. The smallest absolute Gasteiger partial charge is 0.337 e. The Bertz CT molecular complexity index is 553. The Kier molecular flexibility index (Phi) is 7.13. The Hall–Kier alpha value is -1.64. The zero-order valence-corrected chi connectivity index (χ0v) is 12.7. The monoisotopic (exact) mass is 318 g/mol. The van der Waals surface area contributed by atoms with Gasteiger partial charge in [0.1, 0.15) is 12.4 Å². The van der Waals surface area contributed by atoms with Crippen molar-refractivity contribution in [1.82, 2.24) is 0 Å². The van der Waals surface area contributed by atoms with Crippen molar-refractivity contribution in [3.05, 3.63) is 29.8 Å². The Morgan fingerprint density at radius 2 is 1.86 bits per heavy atom. The molecule has 118 valence electrons. The van der Waals surface area contributed by atoms with Gasteiger partial charge in [0, 0.05) is 0 Å². The van der Waals surface area contributed by atoms with Crippen molar-refractivity contribution in [1.29, 1.82) is 0 Å². The summed E-state index contributed by atoms with van der Waals surface area (Å²) in [6.45, 7) is 0.661. The van der Waals surface area contributed by atoms with Crippen LogP contribution in [0.5, 0.6) is 5.75 Å². The predicted molar refractivity (Wildman–Crippen MR) is 74.9 cm³/mol. The Balaban J connectivity index is 2.22. The van der Waals surface area contributed by atoms with E-state index in [-0.39, 0.29) is 26.4 Å². The predicted octanol–water partition coefficient (Wildman–Crippen LogP) is 0.845. The Morgan fingerprint density at radius 1 is 1.14 bits per heavy atom. The molecule has 0 unspecified atom stereocenters. The van der Waals surface area contributed by atoms with E-state index in [4.69, 9.17) is 9.47 Å². The second-order valence-corrected chi connectivity index (χ2v) is 5.65. The highest BCUT2D eigenvalue weighted by atomic mass is 32.2. The van der Waals surface area contributed by atoms with Gasteiger partial charge in [-0.2, -0.15) is 8.42 Å². The van der Waals surface area contributed by atoms with Crippen LogP contribution in [-0.4, -0.2) is 54.2 Å². The third-order valence-corrected chi connectivity index (χ3v) is 2.87. The molecule has 0 N–H and O–H groups in total. The minimum absolute atomic E-state index is 0.0311. The molecule has 0 heterocycles. The third kappa shape index (κ3) is 7.64. The van der Waals surface area contributed by atoms with E-state index in [1.807, 2.05) is 0 Å². The number of benzene rings is 1. The lowest BCUT2D eigenvalue weighted by Gasteiger charge is -2.08. The van der Waals surface area contributed by atoms with Gasteiger partial charge in [0.2, 0.25) is 0 Å². The molecule has 0 aliphatic carbocycles.